The van der Waals surface area contributed by atoms with Crippen molar-refractivity contribution in [1.29, 1.82) is 0 Å². The summed E-state index contributed by atoms with van der Waals surface area (Å²) in [6.07, 6.45) is 7.61. The lowest BCUT2D eigenvalue weighted by Crippen LogP contribution is -2.43. The van der Waals surface area contributed by atoms with E-state index < -0.39 is 6.04 Å². The first-order valence-corrected chi connectivity index (χ1v) is 9.49. The van der Waals surface area contributed by atoms with Crippen LogP contribution in [-0.2, 0) is 20.7 Å². The van der Waals surface area contributed by atoms with E-state index in [1.165, 1.54) is 26.4 Å². The number of hydrogen-bond acceptors (Lipinski definition) is 3. The van der Waals surface area contributed by atoms with Gasteiger partial charge in [-0.25, -0.2) is 4.79 Å². The van der Waals surface area contributed by atoms with Crippen LogP contribution < -0.4 is 5.32 Å². The van der Waals surface area contributed by atoms with Crippen LogP contribution in [0.5, 0.6) is 0 Å². The van der Waals surface area contributed by atoms with Gasteiger partial charge in [0, 0.05) is 11.4 Å². The van der Waals surface area contributed by atoms with Crippen molar-refractivity contribution in [2.24, 2.45) is 5.92 Å². The number of carbonyl (C=O) groups is 2. The van der Waals surface area contributed by atoms with E-state index in [0.29, 0.717) is 30.2 Å². The monoisotopic (exact) mass is 365 g/mol. The fourth-order valence-corrected chi connectivity index (χ4v) is 3.79. The minimum absolute atomic E-state index is 0.111. The largest absolute Gasteiger partial charge is 0.467 e. The van der Waals surface area contributed by atoms with Gasteiger partial charge in [0.1, 0.15) is 6.04 Å². The Labute approximate surface area is 155 Å². The summed E-state index contributed by atoms with van der Waals surface area (Å²) in [7, 11) is 1.37. The molecule has 1 N–H and O–H groups in total. The van der Waals surface area contributed by atoms with E-state index in [1.807, 2.05) is 25.1 Å². The number of esters is 1. The zero-order valence-corrected chi connectivity index (χ0v) is 15.9. The summed E-state index contributed by atoms with van der Waals surface area (Å²) >= 11 is 5.96. The highest BCUT2D eigenvalue weighted by Crippen LogP contribution is 2.27. The van der Waals surface area contributed by atoms with Crippen molar-refractivity contribution < 1.29 is 14.3 Å². The van der Waals surface area contributed by atoms with Crippen molar-refractivity contribution in [3.63, 3.8) is 0 Å². The molecule has 5 heteroatoms. The second kappa shape index (κ2) is 9.81. The van der Waals surface area contributed by atoms with E-state index in [9.17, 15) is 9.59 Å². The summed E-state index contributed by atoms with van der Waals surface area (Å²) in [5.41, 5.74) is 2.17. The van der Waals surface area contributed by atoms with Gasteiger partial charge in [0.2, 0.25) is 5.91 Å². The Morgan fingerprint density at radius 2 is 2.00 bits per heavy atom. The molecular weight excluding hydrogens is 338 g/mol. The first-order chi connectivity index (χ1) is 12.0. The average Bonchev–Trinajstić information content (AvgIpc) is 2.60. The van der Waals surface area contributed by atoms with Crippen molar-refractivity contribution in [1.82, 2.24) is 5.32 Å². The molecule has 0 aliphatic heterocycles. The molecule has 0 aromatic heterocycles. The Hall–Kier alpha value is -1.55. The molecule has 2 rings (SSSR count). The molecule has 1 atom stereocenters. The van der Waals surface area contributed by atoms with Gasteiger partial charge in [0.15, 0.2) is 0 Å². The van der Waals surface area contributed by atoms with Gasteiger partial charge in [-0.05, 0) is 48.9 Å². The standard InChI is InChI=1S/C20H28ClNO3/c1-14-12-17(21)10-8-16(14)9-11-19(23)22-18(20(24)25-2)13-15-6-4-3-5-7-15/h8,10,12,15,18H,3-7,9,11,13H2,1-2H3,(H,22,23)/t18-/m1/s1. The lowest BCUT2D eigenvalue weighted by Gasteiger charge is -2.25. The van der Waals surface area contributed by atoms with Crippen LogP contribution in [0.3, 0.4) is 0 Å². The van der Waals surface area contributed by atoms with E-state index >= 15 is 0 Å². The molecule has 0 spiro atoms. The van der Waals surface area contributed by atoms with Gasteiger partial charge in [-0.15, -0.1) is 0 Å². The van der Waals surface area contributed by atoms with Crippen LogP contribution >= 0.6 is 11.6 Å². The van der Waals surface area contributed by atoms with Crippen molar-refractivity contribution in [3.05, 3.63) is 34.3 Å². The average molecular weight is 366 g/mol. The number of methoxy groups -OCH3 is 1. The minimum Gasteiger partial charge on any atom is -0.467 e. The molecule has 4 nitrogen and oxygen atoms in total. The van der Waals surface area contributed by atoms with Gasteiger partial charge in [0.05, 0.1) is 7.11 Å². The number of rotatable bonds is 7. The van der Waals surface area contributed by atoms with Crippen molar-refractivity contribution in [3.8, 4) is 0 Å². The Kier molecular flexibility index (Phi) is 7.76. The molecule has 138 valence electrons. The van der Waals surface area contributed by atoms with E-state index in [-0.39, 0.29) is 11.9 Å². The zero-order valence-electron chi connectivity index (χ0n) is 15.1. The predicted octanol–water partition coefficient (Wildman–Crippen LogP) is 4.21. The number of amides is 1. The van der Waals surface area contributed by atoms with Crippen LogP contribution in [-0.4, -0.2) is 25.0 Å². The number of hydrogen-bond donors (Lipinski definition) is 1. The highest BCUT2D eigenvalue weighted by molar-refractivity contribution is 6.30. The molecule has 1 amide bonds. The Morgan fingerprint density at radius 1 is 1.28 bits per heavy atom. The molecule has 1 aromatic carbocycles. The van der Waals surface area contributed by atoms with Crippen LogP contribution in [0.1, 0.15) is 56.1 Å². The Bertz CT molecular complexity index is 597. The molecule has 0 heterocycles. The van der Waals surface area contributed by atoms with E-state index in [1.54, 1.807) is 0 Å². The molecular formula is C20H28ClNO3. The number of nitrogens with one attached hydrogen (secondary N) is 1. The summed E-state index contributed by atoms with van der Waals surface area (Å²) in [4.78, 5) is 24.4. The molecule has 1 aliphatic rings. The van der Waals surface area contributed by atoms with Gasteiger partial charge in [-0.1, -0.05) is 49.8 Å². The normalized spacial score (nSPS) is 16.3. The number of aryl methyl sites for hydroxylation is 2. The number of halogens is 1. The van der Waals surface area contributed by atoms with Crippen LogP contribution in [0.2, 0.25) is 5.02 Å². The quantitative estimate of drug-likeness (QED) is 0.736. The summed E-state index contributed by atoms with van der Waals surface area (Å²) in [6.45, 7) is 1.99. The van der Waals surface area contributed by atoms with Gasteiger partial charge < -0.3 is 10.1 Å². The number of benzene rings is 1. The topological polar surface area (TPSA) is 55.4 Å². The van der Waals surface area contributed by atoms with E-state index in [0.717, 1.165) is 24.0 Å². The SMILES string of the molecule is COC(=O)[C@@H](CC1CCCCC1)NC(=O)CCc1ccc(Cl)cc1C. The molecule has 0 radical (unpaired) electrons. The molecule has 1 aromatic rings. The van der Waals surface area contributed by atoms with Gasteiger partial charge in [-0.3, -0.25) is 4.79 Å². The maximum atomic E-state index is 12.3. The van der Waals surface area contributed by atoms with E-state index in [2.05, 4.69) is 5.32 Å². The summed E-state index contributed by atoms with van der Waals surface area (Å²) < 4.78 is 4.88. The van der Waals surface area contributed by atoms with Crippen molar-refractivity contribution in [2.75, 3.05) is 7.11 Å². The van der Waals surface area contributed by atoms with Gasteiger partial charge >= 0.3 is 5.97 Å². The van der Waals surface area contributed by atoms with Crippen molar-refractivity contribution >= 4 is 23.5 Å². The molecule has 0 saturated heterocycles. The second-order valence-electron chi connectivity index (χ2n) is 6.95. The lowest BCUT2D eigenvalue weighted by atomic mass is 9.85. The Morgan fingerprint density at radius 3 is 2.64 bits per heavy atom. The highest BCUT2D eigenvalue weighted by atomic mass is 35.5. The Balaban J connectivity index is 1.88. The van der Waals surface area contributed by atoms with E-state index in [4.69, 9.17) is 16.3 Å². The van der Waals surface area contributed by atoms with Crippen molar-refractivity contribution in [2.45, 2.75) is 64.3 Å². The van der Waals surface area contributed by atoms with Gasteiger partial charge in [0.25, 0.3) is 0 Å². The predicted molar refractivity (Wildman–Crippen MR) is 99.6 cm³/mol. The zero-order chi connectivity index (χ0) is 18.2. The van der Waals surface area contributed by atoms with Crippen LogP contribution in [0.4, 0.5) is 0 Å². The maximum absolute atomic E-state index is 12.3. The highest BCUT2D eigenvalue weighted by Gasteiger charge is 2.26. The summed E-state index contributed by atoms with van der Waals surface area (Å²) in [5, 5.41) is 3.57. The third-order valence-electron chi connectivity index (χ3n) is 5.04. The number of carbonyl (C=O) groups excluding carboxylic acids is 2. The summed E-state index contributed by atoms with van der Waals surface area (Å²) in [6, 6.07) is 5.15. The smallest absolute Gasteiger partial charge is 0.328 e. The summed E-state index contributed by atoms with van der Waals surface area (Å²) in [5.74, 6) is 0.0406. The molecule has 0 unspecified atom stereocenters. The van der Waals surface area contributed by atoms with Crippen LogP contribution in [0, 0.1) is 12.8 Å². The number of ether oxygens (including phenoxy) is 1. The third-order valence-corrected chi connectivity index (χ3v) is 5.28. The van der Waals surface area contributed by atoms with Crippen LogP contribution in [0.15, 0.2) is 18.2 Å². The molecule has 1 fully saturated rings. The third kappa shape index (κ3) is 6.35. The first-order valence-electron chi connectivity index (χ1n) is 9.12. The lowest BCUT2D eigenvalue weighted by molar-refractivity contribution is -0.145. The van der Waals surface area contributed by atoms with Gasteiger partial charge in [-0.2, -0.15) is 0 Å². The first kappa shape index (κ1) is 19.8. The minimum atomic E-state index is -0.535. The molecule has 0 bridgehead atoms. The molecule has 25 heavy (non-hydrogen) atoms. The second-order valence-corrected chi connectivity index (χ2v) is 7.39. The fourth-order valence-electron chi connectivity index (χ4n) is 3.57. The molecule has 1 aliphatic carbocycles. The van der Waals surface area contributed by atoms with Crippen LogP contribution in [0.25, 0.3) is 0 Å². The maximum Gasteiger partial charge on any atom is 0.328 e. The molecule has 1 saturated carbocycles. The fraction of sp³-hybridized carbons (Fsp3) is 0.600.